The fraction of sp³-hybridized carbons (Fsp3) is 0.760. The molecule has 0 radical (unpaired) electrons. The van der Waals surface area contributed by atoms with Crippen molar-refractivity contribution in [2.75, 3.05) is 13.2 Å². The number of rotatable bonds is 8. The maximum Gasteiger partial charge on any atom is 0.309 e. The van der Waals surface area contributed by atoms with Crippen molar-refractivity contribution < 1.29 is 24.2 Å². The number of hydrogen-bond donors (Lipinski definition) is 1. The fourth-order valence-corrected chi connectivity index (χ4v) is 5.59. The Bertz CT molecular complexity index is 690. The molecule has 5 nitrogen and oxygen atoms in total. The maximum atomic E-state index is 13.2. The standard InChI is InChI=1S/C25H40O5/c1-17(2)9-7-10-20-11-8-13-25(6)22(18(3)12-14-24(20,25)5)23(28)30-16-21(27)15-29-19(4)26/h9,11,18,21-22,27H,7-8,10,12-16H2,1-6H3/t18-,21-,22-,24-,25-/m0/s1. The topological polar surface area (TPSA) is 72.8 Å². The molecule has 0 bridgehead atoms. The first kappa shape index (κ1) is 24.6. The summed E-state index contributed by atoms with van der Waals surface area (Å²) in [5.41, 5.74) is 2.63. The number of carbonyl (C=O) groups excluding carboxylic acids is 2. The van der Waals surface area contributed by atoms with Gasteiger partial charge in [-0.2, -0.15) is 0 Å². The molecule has 0 saturated heterocycles. The van der Waals surface area contributed by atoms with Gasteiger partial charge in [-0.15, -0.1) is 0 Å². The fourth-order valence-electron chi connectivity index (χ4n) is 5.59. The molecule has 2 aliphatic rings. The van der Waals surface area contributed by atoms with Crippen LogP contribution in [-0.4, -0.2) is 36.4 Å². The highest BCUT2D eigenvalue weighted by Gasteiger charge is 2.58. The van der Waals surface area contributed by atoms with Crippen molar-refractivity contribution in [2.24, 2.45) is 22.7 Å². The summed E-state index contributed by atoms with van der Waals surface area (Å²) < 4.78 is 10.3. The smallest absolute Gasteiger partial charge is 0.309 e. The van der Waals surface area contributed by atoms with Crippen LogP contribution in [0.3, 0.4) is 0 Å². The third-order valence-electron chi connectivity index (χ3n) is 7.50. The molecule has 1 saturated carbocycles. The van der Waals surface area contributed by atoms with Gasteiger partial charge < -0.3 is 14.6 Å². The van der Waals surface area contributed by atoms with E-state index in [0.717, 1.165) is 38.5 Å². The molecular formula is C25H40O5. The Morgan fingerprint density at radius 1 is 1.20 bits per heavy atom. The molecule has 0 spiro atoms. The van der Waals surface area contributed by atoms with Gasteiger partial charge in [0.05, 0.1) is 5.92 Å². The first-order valence-corrected chi connectivity index (χ1v) is 11.3. The molecule has 0 heterocycles. The molecular weight excluding hydrogens is 380 g/mol. The van der Waals surface area contributed by atoms with E-state index in [1.807, 2.05) is 0 Å². The number of fused-ring (bicyclic) bond motifs is 1. The first-order chi connectivity index (χ1) is 14.0. The zero-order valence-electron chi connectivity index (χ0n) is 19.6. The summed E-state index contributed by atoms with van der Waals surface area (Å²) in [7, 11) is 0. The van der Waals surface area contributed by atoms with Crippen LogP contribution in [0.1, 0.15) is 80.1 Å². The van der Waals surface area contributed by atoms with E-state index < -0.39 is 12.1 Å². The highest BCUT2D eigenvalue weighted by Crippen LogP contribution is 2.63. The van der Waals surface area contributed by atoms with E-state index in [2.05, 4.69) is 46.8 Å². The van der Waals surface area contributed by atoms with Crippen molar-refractivity contribution in [3.63, 3.8) is 0 Å². The van der Waals surface area contributed by atoms with Gasteiger partial charge in [-0.3, -0.25) is 9.59 Å². The van der Waals surface area contributed by atoms with Gasteiger partial charge in [0.1, 0.15) is 19.3 Å². The molecule has 5 heteroatoms. The number of aliphatic hydroxyl groups is 1. The Balaban J connectivity index is 2.14. The quantitative estimate of drug-likeness (QED) is 0.443. The molecule has 0 aromatic heterocycles. The van der Waals surface area contributed by atoms with Crippen LogP contribution < -0.4 is 0 Å². The number of carbonyl (C=O) groups is 2. The van der Waals surface area contributed by atoms with Crippen molar-refractivity contribution in [1.29, 1.82) is 0 Å². The molecule has 2 rings (SSSR count). The molecule has 2 aliphatic carbocycles. The van der Waals surface area contributed by atoms with Gasteiger partial charge >= 0.3 is 11.9 Å². The molecule has 0 unspecified atom stereocenters. The predicted octanol–water partition coefficient (Wildman–Crippen LogP) is 4.98. The lowest BCUT2D eigenvalue weighted by Gasteiger charge is -2.59. The Labute approximate surface area is 181 Å². The van der Waals surface area contributed by atoms with Crippen LogP contribution >= 0.6 is 0 Å². The number of allylic oxidation sites excluding steroid dienone is 4. The summed E-state index contributed by atoms with van der Waals surface area (Å²) in [5.74, 6) is -0.662. The summed E-state index contributed by atoms with van der Waals surface area (Å²) in [4.78, 5) is 24.1. The average molecular weight is 421 g/mol. The number of esters is 2. The molecule has 0 amide bonds. The maximum absolute atomic E-state index is 13.2. The Kier molecular flexibility index (Phi) is 8.32. The largest absolute Gasteiger partial charge is 0.463 e. The summed E-state index contributed by atoms with van der Waals surface area (Å²) in [6, 6.07) is 0. The lowest BCUT2D eigenvalue weighted by molar-refractivity contribution is -0.171. The lowest BCUT2D eigenvalue weighted by atomic mass is 9.45. The molecule has 0 aromatic carbocycles. The minimum Gasteiger partial charge on any atom is -0.463 e. The zero-order valence-corrected chi connectivity index (χ0v) is 19.6. The number of aliphatic hydroxyl groups excluding tert-OH is 1. The van der Waals surface area contributed by atoms with Gasteiger partial charge in [0.15, 0.2) is 0 Å². The van der Waals surface area contributed by atoms with Gasteiger partial charge in [-0.25, -0.2) is 0 Å². The summed E-state index contributed by atoms with van der Waals surface area (Å²) >= 11 is 0. The summed E-state index contributed by atoms with van der Waals surface area (Å²) in [5, 5.41) is 9.97. The van der Waals surface area contributed by atoms with Crippen LogP contribution in [0.15, 0.2) is 23.3 Å². The average Bonchev–Trinajstić information content (AvgIpc) is 2.66. The minimum absolute atomic E-state index is 0.0205. The van der Waals surface area contributed by atoms with Gasteiger partial charge in [0.2, 0.25) is 0 Å². The van der Waals surface area contributed by atoms with E-state index in [1.54, 1.807) is 0 Å². The van der Waals surface area contributed by atoms with E-state index in [-0.39, 0.29) is 41.8 Å². The second-order valence-corrected chi connectivity index (χ2v) is 9.92. The van der Waals surface area contributed by atoms with E-state index in [4.69, 9.17) is 9.47 Å². The SMILES string of the molecule is CC(=O)OC[C@H](O)COC(=O)[C@@H]1[C@@H](C)CC[C@@]2(C)C(CCC=C(C)C)=CCC[C@@]12C. The summed E-state index contributed by atoms with van der Waals surface area (Å²) in [6.07, 6.45) is 9.80. The van der Waals surface area contributed by atoms with E-state index in [0.29, 0.717) is 0 Å². The zero-order chi connectivity index (χ0) is 22.5. The first-order valence-electron chi connectivity index (χ1n) is 11.3. The molecule has 30 heavy (non-hydrogen) atoms. The van der Waals surface area contributed by atoms with Crippen LogP contribution in [-0.2, 0) is 19.1 Å². The second-order valence-electron chi connectivity index (χ2n) is 9.92. The monoisotopic (exact) mass is 420 g/mol. The van der Waals surface area contributed by atoms with Gasteiger partial charge in [-0.05, 0) is 69.1 Å². The summed E-state index contributed by atoms with van der Waals surface area (Å²) in [6.45, 7) is 12.0. The molecule has 170 valence electrons. The van der Waals surface area contributed by atoms with Crippen molar-refractivity contribution in [2.45, 2.75) is 86.2 Å². The van der Waals surface area contributed by atoms with E-state index >= 15 is 0 Å². The van der Waals surface area contributed by atoms with Crippen LogP contribution in [0, 0.1) is 22.7 Å². The number of hydrogen-bond acceptors (Lipinski definition) is 5. The van der Waals surface area contributed by atoms with Crippen molar-refractivity contribution >= 4 is 11.9 Å². The normalized spacial score (nSPS) is 31.8. The molecule has 0 aliphatic heterocycles. The van der Waals surface area contributed by atoms with Crippen molar-refractivity contribution in [1.82, 2.24) is 0 Å². The molecule has 0 aromatic rings. The van der Waals surface area contributed by atoms with E-state index in [9.17, 15) is 14.7 Å². The Morgan fingerprint density at radius 3 is 2.50 bits per heavy atom. The van der Waals surface area contributed by atoms with Gasteiger partial charge in [-0.1, -0.05) is 44.1 Å². The highest BCUT2D eigenvalue weighted by molar-refractivity contribution is 5.74. The van der Waals surface area contributed by atoms with Crippen LogP contribution in [0.25, 0.3) is 0 Å². The molecule has 1 fully saturated rings. The Morgan fingerprint density at radius 2 is 1.87 bits per heavy atom. The van der Waals surface area contributed by atoms with Gasteiger partial charge in [0, 0.05) is 6.92 Å². The lowest BCUT2D eigenvalue weighted by Crippen LogP contribution is -2.55. The van der Waals surface area contributed by atoms with Crippen molar-refractivity contribution in [3.05, 3.63) is 23.3 Å². The number of ether oxygens (including phenoxy) is 2. The van der Waals surface area contributed by atoms with Crippen molar-refractivity contribution in [3.8, 4) is 0 Å². The minimum atomic E-state index is -0.998. The van der Waals surface area contributed by atoms with Crippen LogP contribution in [0.4, 0.5) is 0 Å². The molecule has 1 N–H and O–H groups in total. The van der Waals surface area contributed by atoms with Gasteiger partial charge in [0.25, 0.3) is 0 Å². The third kappa shape index (κ3) is 5.35. The van der Waals surface area contributed by atoms with Crippen LogP contribution in [0.5, 0.6) is 0 Å². The third-order valence-corrected chi connectivity index (χ3v) is 7.50. The molecule has 5 atom stereocenters. The van der Waals surface area contributed by atoms with E-state index in [1.165, 1.54) is 18.1 Å². The predicted molar refractivity (Wildman–Crippen MR) is 118 cm³/mol. The van der Waals surface area contributed by atoms with Crippen LogP contribution in [0.2, 0.25) is 0 Å². The highest BCUT2D eigenvalue weighted by atomic mass is 16.6. The second kappa shape index (κ2) is 10.1. The Hall–Kier alpha value is -1.62.